The highest BCUT2D eigenvalue weighted by molar-refractivity contribution is 5.95. The fourth-order valence-electron chi connectivity index (χ4n) is 4.64. The Morgan fingerprint density at radius 2 is 1.73 bits per heavy atom. The minimum absolute atomic E-state index is 0.00590. The molecule has 6 nitrogen and oxygen atoms in total. The fraction of sp³-hybridized carbons (Fsp3) is 0.296. The van der Waals surface area contributed by atoms with Crippen molar-refractivity contribution in [1.29, 1.82) is 0 Å². The zero-order valence-electron chi connectivity index (χ0n) is 18.9. The molecule has 1 aliphatic heterocycles. The van der Waals surface area contributed by atoms with Gasteiger partial charge in [0, 0.05) is 38.0 Å². The van der Waals surface area contributed by atoms with Crippen LogP contribution in [0.2, 0.25) is 0 Å². The topological polar surface area (TPSA) is 59.7 Å². The highest BCUT2D eigenvalue weighted by Gasteiger charge is 2.27. The molecule has 2 aromatic carbocycles. The number of nitrogens with zero attached hydrogens (tertiary/aromatic N) is 4. The van der Waals surface area contributed by atoms with E-state index in [-0.39, 0.29) is 5.91 Å². The van der Waals surface area contributed by atoms with Crippen LogP contribution < -0.4 is 0 Å². The predicted octanol–water partition coefficient (Wildman–Crippen LogP) is 4.64. The number of rotatable bonds is 6. The second kappa shape index (κ2) is 9.55. The number of hydrogen-bond acceptors (Lipinski definition) is 4. The monoisotopic (exact) mass is 440 g/mol. The van der Waals surface area contributed by atoms with Crippen LogP contribution in [0.3, 0.4) is 0 Å². The Bertz CT molecular complexity index is 1230. The number of ether oxygens (including phenoxy) is 1. The number of carbonyl (C=O) groups excluding carboxylic acids is 1. The van der Waals surface area contributed by atoms with E-state index < -0.39 is 0 Å². The lowest BCUT2D eigenvalue weighted by atomic mass is 9.90. The third kappa shape index (κ3) is 4.52. The van der Waals surface area contributed by atoms with E-state index in [2.05, 4.69) is 35.3 Å². The zero-order valence-corrected chi connectivity index (χ0v) is 18.9. The van der Waals surface area contributed by atoms with E-state index in [1.807, 2.05) is 41.3 Å². The molecule has 0 unspecified atom stereocenters. The van der Waals surface area contributed by atoms with Gasteiger partial charge in [0.25, 0.3) is 5.91 Å². The highest BCUT2D eigenvalue weighted by Crippen LogP contribution is 2.25. The molecule has 1 aliphatic rings. The maximum Gasteiger partial charge on any atom is 0.257 e. The first-order valence-corrected chi connectivity index (χ1v) is 11.5. The van der Waals surface area contributed by atoms with E-state index in [0.29, 0.717) is 23.7 Å². The predicted molar refractivity (Wildman–Crippen MR) is 128 cm³/mol. The molecule has 0 aliphatic carbocycles. The number of piperidine rings is 1. The first kappa shape index (κ1) is 21.3. The van der Waals surface area contributed by atoms with Crippen LogP contribution in [0.15, 0.2) is 72.9 Å². The smallest absolute Gasteiger partial charge is 0.257 e. The summed E-state index contributed by atoms with van der Waals surface area (Å²) in [6.07, 6.45) is 4.77. The summed E-state index contributed by atoms with van der Waals surface area (Å²) in [5.74, 6) is 0.612. The minimum atomic E-state index is 0.00590. The standard InChI is InChI=1S/C27H28N4O2/c1-33-19-25-23(18-28-26-17-24(29-31(25)26)22-10-6-3-7-11-22)27(32)30-14-12-21(13-15-30)16-20-8-4-2-5-9-20/h2-11,17-18,21H,12-16,19H2,1H3. The van der Waals surface area contributed by atoms with E-state index in [9.17, 15) is 4.79 Å². The zero-order chi connectivity index (χ0) is 22.6. The van der Waals surface area contributed by atoms with Gasteiger partial charge >= 0.3 is 0 Å². The normalized spacial score (nSPS) is 14.6. The molecule has 0 atom stereocenters. The van der Waals surface area contributed by atoms with Gasteiger partial charge in [-0.25, -0.2) is 9.50 Å². The van der Waals surface area contributed by atoms with Crippen LogP contribution in [-0.2, 0) is 17.8 Å². The highest BCUT2D eigenvalue weighted by atomic mass is 16.5. The van der Waals surface area contributed by atoms with Gasteiger partial charge in [0.15, 0.2) is 5.65 Å². The Labute approximate surface area is 193 Å². The molecular weight excluding hydrogens is 412 g/mol. The molecule has 3 heterocycles. The number of likely N-dealkylation sites (tertiary alicyclic amines) is 1. The Hall–Kier alpha value is -3.51. The summed E-state index contributed by atoms with van der Waals surface area (Å²) in [6.45, 7) is 1.81. The van der Waals surface area contributed by atoms with Crippen molar-refractivity contribution in [2.45, 2.75) is 25.9 Å². The van der Waals surface area contributed by atoms with Crippen LogP contribution in [0.5, 0.6) is 0 Å². The maximum absolute atomic E-state index is 13.5. The Balaban J connectivity index is 1.36. The Kier molecular flexibility index (Phi) is 6.17. The number of carbonyl (C=O) groups is 1. The van der Waals surface area contributed by atoms with E-state index in [4.69, 9.17) is 9.84 Å². The number of methoxy groups -OCH3 is 1. The van der Waals surface area contributed by atoms with Gasteiger partial charge in [-0.1, -0.05) is 60.7 Å². The van der Waals surface area contributed by atoms with Gasteiger partial charge in [-0.15, -0.1) is 0 Å². The molecule has 2 aromatic heterocycles. The molecule has 0 spiro atoms. The van der Waals surface area contributed by atoms with E-state index >= 15 is 0 Å². The second-order valence-corrected chi connectivity index (χ2v) is 8.64. The number of aromatic nitrogens is 3. The summed E-state index contributed by atoms with van der Waals surface area (Å²) in [7, 11) is 1.64. The first-order valence-electron chi connectivity index (χ1n) is 11.5. The Morgan fingerprint density at radius 3 is 2.42 bits per heavy atom. The van der Waals surface area contributed by atoms with Crippen molar-refractivity contribution in [2.24, 2.45) is 5.92 Å². The molecule has 1 saturated heterocycles. The molecule has 33 heavy (non-hydrogen) atoms. The lowest BCUT2D eigenvalue weighted by molar-refractivity contribution is 0.0683. The molecule has 4 aromatic rings. The van der Waals surface area contributed by atoms with Crippen molar-refractivity contribution in [1.82, 2.24) is 19.5 Å². The Morgan fingerprint density at radius 1 is 1.03 bits per heavy atom. The van der Waals surface area contributed by atoms with Gasteiger partial charge in [0.2, 0.25) is 0 Å². The van der Waals surface area contributed by atoms with Crippen molar-refractivity contribution >= 4 is 11.6 Å². The van der Waals surface area contributed by atoms with Gasteiger partial charge in [-0.05, 0) is 30.7 Å². The number of hydrogen-bond donors (Lipinski definition) is 0. The average molecular weight is 441 g/mol. The van der Waals surface area contributed by atoms with Crippen LogP contribution >= 0.6 is 0 Å². The molecular formula is C27H28N4O2. The van der Waals surface area contributed by atoms with Crippen molar-refractivity contribution in [3.8, 4) is 11.3 Å². The third-order valence-electron chi connectivity index (χ3n) is 6.43. The quantitative estimate of drug-likeness (QED) is 0.438. The van der Waals surface area contributed by atoms with Crippen molar-refractivity contribution < 1.29 is 9.53 Å². The molecule has 0 bridgehead atoms. The molecule has 0 saturated carbocycles. The van der Waals surface area contributed by atoms with E-state index in [0.717, 1.165) is 49.3 Å². The van der Waals surface area contributed by atoms with Crippen LogP contribution in [0.1, 0.15) is 34.5 Å². The van der Waals surface area contributed by atoms with Crippen LogP contribution in [0, 0.1) is 5.92 Å². The van der Waals surface area contributed by atoms with Crippen molar-refractivity contribution in [2.75, 3.05) is 20.2 Å². The second-order valence-electron chi connectivity index (χ2n) is 8.64. The van der Waals surface area contributed by atoms with E-state index in [1.165, 1.54) is 5.56 Å². The molecule has 6 heteroatoms. The minimum Gasteiger partial charge on any atom is -0.378 e. The summed E-state index contributed by atoms with van der Waals surface area (Å²) in [4.78, 5) is 20.0. The summed E-state index contributed by atoms with van der Waals surface area (Å²) in [5, 5.41) is 4.75. The lowest BCUT2D eigenvalue weighted by Crippen LogP contribution is -2.39. The van der Waals surface area contributed by atoms with Crippen LogP contribution in [0.25, 0.3) is 16.9 Å². The lowest BCUT2D eigenvalue weighted by Gasteiger charge is -2.32. The molecule has 0 N–H and O–H groups in total. The molecule has 1 amide bonds. The van der Waals surface area contributed by atoms with Crippen LogP contribution in [-0.4, -0.2) is 45.6 Å². The first-order chi connectivity index (χ1) is 16.2. The summed E-state index contributed by atoms with van der Waals surface area (Å²) >= 11 is 0. The SMILES string of the molecule is COCc1c(C(=O)N2CCC(Cc3ccccc3)CC2)cnc2cc(-c3ccccc3)nn12. The number of benzene rings is 2. The van der Waals surface area contributed by atoms with Gasteiger partial charge in [0.05, 0.1) is 23.6 Å². The van der Waals surface area contributed by atoms with Gasteiger partial charge < -0.3 is 9.64 Å². The van der Waals surface area contributed by atoms with Gasteiger partial charge in [0.1, 0.15) is 0 Å². The van der Waals surface area contributed by atoms with E-state index in [1.54, 1.807) is 17.8 Å². The van der Waals surface area contributed by atoms with Crippen molar-refractivity contribution in [3.05, 3.63) is 89.7 Å². The number of fused-ring (bicyclic) bond motifs is 1. The van der Waals surface area contributed by atoms with Crippen LogP contribution in [0.4, 0.5) is 0 Å². The summed E-state index contributed by atoms with van der Waals surface area (Å²) < 4.78 is 7.20. The number of amides is 1. The average Bonchev–Trinajstić information content (AvgIpc) is 3.31. The van der Waals surface area contributed by atoms with Gasteiger partial charge in [-0.3, -0.25) is 4.79 Å². The van der Waals surface area contributed by atoms with Crippen molar-refractivity contribution in [3.63, 3.8) is 0 Å². The molecule has 5 rings (SSSR count). The summed E-state index contributed by atoms with van der Waals surface area (Å²) in [5.41, 5.74) is 5.22. The fourth-order valence-corrected chi connectivity index (χ4v) is 4.64. The molecule has 1 fully saturated rings. The summed E-state index contributed by atoms with van der Waals surface area (Å²) in [6, 6.07) is 22.5. The maximum atomic E-state index is 13.5. The third-order valence-corrected chi connectivity index (χ3v) is 6.43. The molecule has 0 radical (unpaired) electrons. The molecule has 168 valence electrons. The largest absolute Gasteiger partial charge is 0.378 e. The van der Waals surface area contributed by atoms with Gasteiger partial charge in [-0.2, -0.15) is 5.10 Å².